The molecule has 0 saturated carbocycles. The van der Waals surface area contributed by atoms with E-state index in [0.29, 0.717) is 5.56 Å². The summed E-state index contributed by atoms with van der Waals surface area (Å²) in [6.07, 6.45) is 0. The summed E-state index contributed by atoms with van der Waals surface area (Å²) in [5.74, 6) is -1.95. The maximum atomic E-state index is 12.9. The molecule has 2 aromatic carbocycles. The van der Waals surface area contributed by atoms with Gasteiger partial charge < -0.3 is 13.9 Å². The first-order valence-electron chi connectivity index (χ1n) is 8.67. The minimum Gasteiger partial charge on any atom is -0.463 e. The Bertz CT molecular complexity index is 1170. The number of methoxy groups -OCH3 is 1. The number of hydrogen-bond donors (Lipinski definition) is 0. The molecule has 0 fully saturated rings. The third-order valence-electron chi connectivity index (χ3n) is 4.57. The highest BCUT2D eigenvalue weighted by atomic mass is 16.6. The van der Waals surface area contributed by atoms with E-state index in [9.17, 15) is 19.2 Å². The van der Waals surface area contributed by atoms with Crippen molar-refractivity contribution in [1.82, 2.24) is 0 Å². The van der Waals surface area contributed by atoms with E-state index in [1.807, 2.05) is 0 Å². The molecule has 0 unspecified atom stereocenters. The van der Waals surface area contributed by atoms with Crippen molar-refractivity contribution in [1.29, 1.82) is 0 Å². The molecule has 0 spiro atoms. The van der Waals surface area contributed by atoms with Crippen molar-refractivity contribution in [2.75, 3.05) is 7.11 Å². The van der Waals surface area contributed by atoms with Gasteiger partial charge in [0.15, 0.2) is 11.6 Å². The molecule has 0 N–H and O–H groups in total. The summed E-state index contributed by atoms with van der Waals surface area (Å²) in [5.41, 5.74) is 0.737. The van der Waals surface area contributed by atoms with Crippen molar-refractivity contribution < 1.29 is 33.1 Å². The monoisotopic (exact) mass is 390 g/mol. The quantitative estimate of drug-likeness (QED) is 0.493. The lowest BCUT2D eigenvalue weighted by molar-refractivity contribution is 0.0436. The molecule has 0 atom stereocenters. The fourth-order valence-corrected chi connectivity index (χ4v) is 3.20. The van der Waals surface area contributed by atoms with Gasteiger partial charge in [0.25, 0.3) is 0 Å². The van der Waals surface area contributed by atoms with Gasteiger partial charge in [0.05, 0.1) is 12.7 Å². The molecule has 0 bridgehead atoms. The minimum atomic E-state index is -0.779. The number of hydrogen-bond acceptors (Lipinski definition) is 7. The molecule has 7 nitrogen and oxygen atoms in total. The molecule has 0 aliphatic heterocycles. The summed E-state index contributed by atoms with van der Waals surface area (Å²) in [4.78, 5) is 49.7. The van der Waals surface area contributed by atoms with Crippen LogP contribution in [0.5, 0.6) is 0 Å². The molecule has 3 aromatic rings. The molecule has 0 radical (unpaired) electrons. The number of esters is 2. The zero-order valence-electron chi connectivity index (χ0n) is 15.3. The molecule has 0 saturated heterocycles. The molecule has 1 aromatic heterocycles. The summed E-state index contributed by atoms with van der Waals surface area (Å²) < 4.78 is 15.0. The zero-order chi connectivity index (χ0) is 20.5. The SMILES string of the molecule is COC(=O)c1ccc(COC(=O)c2cccc3c2C(=O)c2ccccc2C3=O)o1. The van der Waals surface area contributed by atoms with Gasteiger partial charge in [0.1, 0.15) is 12.4 Å². The van der Waals surface area contributed by atoms with E-state index in [2.05, 4.69) is 4.74 Å². The first kappa shape index (κ1) is 18.4. The summed E-state index contributed by atoms with van der Waals surface area (Å²) in [7, 11) is 1.22. The second-order valence-electron chi connectivity index (χ2n) is 6.27. The Morgan fingerprint density at radius 1 is 0.828 bits per heavy atom. The van der Waals surface area contributed by atoms with E-state index in [4.69, 9.17) is 9.15 Å². The molecule has 1 heterocycles. The van der Waals surface area contributed by atoms with Crippen LogP contribution in [0.3, 0.4) is 0 Å². The fraction of sp³-hybridized carbons (Fsp3) is 0.0909. The van der Waals surface area contributed by atoms with Gasteiger partial charge in [0.2, 0.25) is 5.76 Å². The van der Waals surface area contributed by atoms with E-state index in [1.165, 1.54) is 37.4 Å². The minimum absolute atomic E-state index is 0.00454. The number of rotatable bonds is 4. The number of carbonyl (C=O) groups is 4. The number of benzene rings is 2. The van der Waals surface area contributed by atoms with Crippen LogP contribution in [-0.2, 0) is 16.1 Å². The molecule has 4 rings (SSSR count). The van der Waals surface area contributed by atoms with E-state index >= 15 is 0 Å². The fourth-order valence-electron chi connectivity index (χ4n) is 3.20. The average Bonchev–Trinajstić information content (AvgIpc) is 3.24. The van der Waals surface area contributed by atoms with Gasteiger partial charge in [-0.05, 0) is 18.2 Å². The first-order valence-corrected chi connectivity index (χ1v) is 8.67. The largest absolute Gasteiger partial charge is 0.463 e. The Morgan fingerprint density at radius 2 is 1.52 bits per heavy atom. The number of fused-ring (bicyclic) bond motifs is 2. The lowest BCUT2D eigenvalue weighted by Gasteiger charge is -2.19. The van der Waals surface area contributed by atoms with Crippen LogP contribution in [0.15, 0.2) is 59.0 Å². The Labute approximate surface area is 164 Å². The van der Waals surface area contributed by atoms with Crippen molar-refractivity contribution in [2.24, 2.45) is 0 Å². The highest BCUT2D eigenvalue weighted by Gasteiger charge is 2.33. The van der Waals surface area contributed by atoms with Gasteiger partial charge in [-0.2, -0.15) is 0 Å². The summed E-state index contributed by atoms with van der Waals surface area (Å²) >= 11 is 0. The van der Waals surface area contributed by atoms with E-state index in [1.54, 1.807) is 24.3 Å². The van der Waals surface area contributed by atoms with Crippen LogP contribution in [0, 0.1) is 0 Å². The Balaban J connectivity index is 1.61. The highest BCUT2D eigenvalue weighted by molar-refractivity contribution is 6.30. The van der Waals surface area contributed by atoms with Crippen molar-refractivity contribution in [3.05, 3.63) is 93.9 Å². The van der Waals surface area contributed by atoms with Gasteiger partial charge >= 0.3 is 11.9 Å². The van der Waals surface area contributed by atoms with Crippen molar-refractivity contribution >= 4 is 23.5 Å². The Hall–Kier alpha value is -4.00. The van der Waals surface area contributed by atoms with Crippen molar-refractivity contribution in [3.8, 4) is 0 Å². The molecule has 29 heavy (non-hydrogen) atoms. The highest BCUT2D eigenvalue weighted by Crippen LogP contribution is 2.30. The molecule has 1 aliphatic rings. The third-order valence-corrected chi connectivity index (χ3v) is 4.57. The summed E-state index contributed by atoms with van der Waals surface area (Å²) in [6.45, 7) is -0.252. The second kappa shape index (κ2) is 7.20. The third kappa shape index (κ3) is 3.12. The second-order valence-corrected chi connectivity index (χ2v) is 6.27. The van der Waals surface area contributed by atoms with E-state index < -0.39 is 17.7 Å². The smallest absolute Gasteiger partial charge is 0.373 e. The zero-order valence-corrected chi connectivity index (χ0v) is 15.3. The van der Waals surface area contributed by atoms with Gasteiger partial charge in [-0.1, -0.05) is 36.4 Å². The van der Waals surface area contributed by atoms with Crippen molar-refractivity contribution in [3.63, 3.8) is 0 Å². The topological polar surface area (TPSA) is 99.9 Å². The van der Waals surface area contributed by atoms with Crippen LogP contribution in [0.25, 0.3) is 0 Å². The molecular weight excluding hydrogens is 376 g/mol. The number of carbonyl (C=O) groups excluding carboxylic acids is 4. The van der Waals surface area contributed by atoms with Gasteiger partial charge in [-0.15, -0.1) is 0 Å². The number of furan rings is 1. The van der Waals surface area contributed by atoms with E-state index in [-0.39, 0.29) is 46.2 Å². The predicted molar refractivity (Wildman–Crippen MR) is 98.9 cm³/mol. The standard InChI is InChI=1S/C22H14O7/c1-27-22(26)17-10-9-12(29-17)11-28-21(25)16-8-4-7-15-18(16)20(24)14-6-3-2-5-13(14)19(15)23/h2-10H,11H2,1H3. The molecule has 1 aliphatic carbocycles. The Kier molecular flexibility index (Phi) is 4.56. The average molecular weight is 390 g/mol. The maximum Gasteiger partial charge on any atom is 0.373 e. The van der Waals surface area contributed by atoms with Crippen LogP contribution in [-0.4, -0.2) is 30.6 Å². The lowest BCUT2D eigenvalue weighted by Crippen LogP contribution is -2.24. The summed E-state index contributed by atoms with van der Waals surface area (Å²) in [6, 6.07) is 13.8. The molecule has 7 heteroatoms. The van der Waals surface area contributed by atoms with Gasteiger partial charge in [-0.25, -0.2) is 9.59 Å². The van der Waals surface area contributed by atoms with Crippen LogP contribution in [0.2, 0.25) is 0 Å². The van der Waals surface area contributed by atoms with Gasteiger partial charge in [-0.3, -0.25) is 9.59 Å². The predicted octanol–water partition coefficient (Wildman–Crippen LogP) is 3.20. The van der Waals surface area contributed by atoms with Crippen LogP contribution < -0.4 is 0 Å². The maximum absolute atomic E-state index is 12.9. The molecule has 0 amide bonds. The Morgan fingerprint density at radius 3 is 2.24 bits per heavy atom. The van der Waals surface area contributed by atoms with Crippen LogP contribution >= 0.6 is 0 Å². The van der Waals surface area contributed by atoms with E-state index in [0.717, 1.165) is 0 Å². The lowest BCUT2D eigenvalue weighted by atomic mass is 9.82. The van der Waals surface area contributed by atoms with Crippen molar-refractivity contribution in [2.45, 2.75) is 6.61 Å². The number of ether oxygens (including phenoxy) is 2. The molecular formula is C22H14O7. The van der Waals surface area contributed by atoms with Crippen LogP contribution in [0.4, 0.5) is 0 Å². The van der Waals surface area contributed by atoms with Gasteiger partial charge in [0, 0.05) is 22.3 Å². The normalized spacial score (nSPS) is 12.2. The first-order chi connectivity index (χ1) is 14.0. The van der Waals surface area contributed by atoms with Crippen LogP contribution in [0.1, 0.15) is 58.5 Å². The molecule has 144 valence electrons. The summed E-state index contributed by atoms with van der Waals surface area (Å²) in [5, 5.41) is 0. The number of ketones is 2.